The minimum atomic E-state index is -4.06. The van der Waals surface area contributed by atoms with Crippen LogP contribution in [0.2, 0.25) is 0 Å². The van der Waals surface area contributed by atoms with Gasteiger partial charge in [0.1, 0.15) is 6.54 Å². The van der Waals surface area contributed by atoms with Crippen molar-refractivity contribution in [2.24, 2.45) is 0 Å². The highest BCUT2D eigenvalue weighted by molar-refractivity contribution is 7.91. The molecular weight excluding hydrogens is 306 g/mol. The molecule has 0 amide bonds. The zero-order valence-corrected chi connectivity index (χ0v) is 12.8. The first-order chi connectivity index (χ1) is 8.96. The Balaban J connectivity index is 3.42. The van der Waals surface area contributed by atoms with Gasteiger partial charge in [0.05, 0.1) is 9.79 Å². The molecule has 0 saturated carbocycles. The molecule has 1 aromatic carbocycles. The zero-order valence-electron chi connectivity index (χ0n) is 11.2. The van der Waals surface area contributed by atoms with E-state index >= 15 is 0 Å². The Morgan fingerprint density at radius 1 is 1.25 bits per heavy atom. The van der Waals surface area contributed by atoms with E-state index in [1.807, 2.05) is 0 Å². The predicted molar refractivity (Wildman–Crippen MR) is 71.7 cm³/mol. The summed E-state index contributed by atoms with van der Waals surface area (Å²) in [4.78, 5) is 10.2. The maximum atomic E-state index is 12.2. The van der Waals surface area contributed by atoms with E-state index in [-0.39, 0.29) is 9.79 Å². The van der Waals surface area contributed by atoms with Gasteiger partial charge in [-0.15, -0.1) is 0 Å². The number of aryl methyl sites for hydroxylation is 1. The number of likely N-dealkylation sites (N-methyl/N-ethyl adjacent to an activating group) is 1. The zero-order chi connectivity index (χ0) is 15.7. The van der Waals surface area contributed by atoms with Crippen molar-refractivity contribution in [1.82, 2.24) is 4.31 Å². The lowest BCUT2D eigenvalue weighted by atomic mass is 10.2. The van der Waals surface area contributed by atoms with Crippen molar-refractivity contribution in [2.75, 3.05) is 19.8 Å². The maximum absolute atomic E-state index is 12.2. The van der Waals surface area contributed by atoms with Crippen LogP contribution in [0.4, 0.5) is 0 Å². The summed E-state index contributed by atoms with van der Waals surface area (Å²) in [6.45, 7) is 0.804. The molecule has 0 saturated heterocycles. The van der Waals surface area contributed by atoms with E-state index in [4.69, 9.17) is 5.11 Å². The Labute approximate surface area is 117 Å². The third kappa shape index (κ3) is 3.56. The molecule has 0 aliphatic carbocycles. The quantitative estimate of drug-likeness (QED) is 0.824. The summed E-state index contributed by atoms with van der Waals surface area (Å²) in [6, 6.07) is 3.72. The summed E-state index contributed by atoms with van der Waals surface area (Å²) >= 11 is 0. The van der Waals surface area contributed by atoms with Gasteiger partial charge in [0, 0.05) is 13.3 Å². The Morgan fingerprint density at radius 2 is 1.80 bits per heavy atom. The molecule has 0 aliphatic rings. The van der Waals surface area contributed by atoms with Gasteiger partial charge in [0.2, 0.25) is 10.0 Å². The van der Waals surface area contributed by atoms with Crippen LogP contribution in [0.5, 0.6) is 0 Å². The maximum Gasteiger partial charge on any atom is 0.318 e. The Kier molecular flexibility index (Phi) is 4.57. The lowest BCUT2D eigenvalue weighted by molar-refractivity contribution is -0.137. The lowest BCUT2D eigenvalue weighted by Crippen LogP contribution is -2.32. The Morgan fingerprint density at radius 3 is 2.25 bits per heavy atom. The van der Waals surface area contributed by atoms with Crippen molar-refractivity contribution in [1.29, 1.82) is 0 Å². The molecule has 0 radical (unpaired) electrons. The Bertz CT molecular complexity index is 736. The van der Waals surface area contributed by atoms with Gasteiger partial charge in [-0.25, -0.2) is 16.8 Å². The number of benzene rings is 1. The fourth-order valence-corrected chi connectivity index (χ4v) is 3.62. The summed E-state index contributed by atoms with van der Waals surface area (Å²) < 4.78 is 48.1. The molecule has 112 valence electrons. The van der Waals surface area contributed by atoms with E-state index in [1.54, 1.807) is 0 Å². The molecule has 0 aromatic heterocycles. The highest BCUT2D eigenvalue weighted by Crippen LogP contribution is 2.22. The van der Waals surface area contributed by atoms with Crippen molar-refractivity contribution in [3.05, 3.63) is 23.8 Å². The van der Waals surface area contributed by atoms with E-state index in [1.165, 1.54) is 19.1 Å². The number of hydrogen-bond acceptors (Lipinski definition) is 5. The lowest BCUT2D eigenvalue weighted by Gasteiger charge is -2.17. The van der Waals surface area contributed by atoms with Crippen LogP contribution in [0.15, 0.2) is 28.0 Å². The van der Waals surface area contributed by atoms with E-state index in [2.05, 4.69) is 0 Å². The first-order valence-corrected chi connectivity index (χ1v) is 8.78. The fourth-order valence-electron chi connectivity index (χ4n) is 1.53. The largest absolute Gasteiger partial charge is 0.480 e. The van der Waals surface area contributed by atoms with Crippen LogP contribution < -0.4 is 0 Å². The van der Waals surface area contributed by atoms with Gasteiger partial charge >= 0.3 is 5.97 Å². The van der Waals surface area contributed by atoms with Gasteiger partial charge in [-0.2, -0.15) is 4.31 Å². The molecule has 0 heterocycles. The highest BCUT2D eigenvalue weighted by atomic mass is 32.2. The molecular formula is C11H15NO6S2. The highest BCUT2D eigenvalue weighted by Gasteiger charge is 2.25. The van der Waals surface area contributed by atoms with Crippen molar-refractivity contribution in [3.8, 4) is 0 Å². The van der Waals surface area contributed by atoms with Gasteiger partial charge in [-0.05, 0) is 24.6 Å². The van der Waals surface area contributed by atoms with Crippen molar-refractivity contribution >= 4 is 25.8 Å². The third-order valence-electron chi connectivity index (χ3n) is 2.63. The number of carboxylic acid groups (broad SMARTS) is 1. The standard InChI is InChI=1S/C11H15NO6S2/c1-8-4-5-9(19(3,15)16)6-10(8)20(17,18)12(2)7-11(13)14/h4-6H,7H2,1-3H3,(H,13,14). The topological polar surface area (TPSA) is 109 Å². The average molecular weight is 321 g/mol. The molecule has 1 aromatic rings. The summed E-state index contributed by atoms with van der Waals surface area (Å²) in [5.74, 6) is -1.30. The third-order valence-corrected chi connectivity index (χ3v) is 5.69. The van der Waals surface area contributed by atoms with Crippen molar-refractivity contribution < 1.29 is 26.7 Å². The Hall–Kier alpha value is -1.45. The molecule has 0 aliphatic heterocycles. The number of carboxylic acids is 1. The first-order valence-electron chi connectivity index (χ1n) is 5.45. The minimum absolute atomic E-state index is 0.134. The second kappa shape index (κ2) is 5.51. The van der Waals surface area contributed by atoms with Crippen LogP contribution in [0.25, 0.3) is 0 Å². The monoisotopic (exact) mass is 321 g/mol. The number of sulfone groups is 1. The minimum Gasteiger partial charge on any atom is -0.480 e. The summed E-state index contributed by atoms with van der Waals surface area (Å²) in [5, 5.41) is 8.65. The number of sulfonamides is 1. The molecule has 9 heteroatoms. The molecule has 0 atom stereocenters. The number of nitrogens with zero attached hydrogens (tertiary/aromatic N) is 1. The average Bonchev–Trinajstić information content (AvgIpc) is 2.26. The van der Waals surface area contributed by atoms with Gasteiger partial charge in [-0.1, -0.05) is 6.07 Å². The molecule has 0 fully saturated rings. The van der Waals surface area contributed by atoms with Crippen LogP contribution in [0.3, 0.4) is 0 Å². The second-order valence-corrected chi connectivity index (χ2v) is 8.38. The van der Waals surface area contributed by atoms with Gasteiger partial charge < -0.3 is 5.11 Å². The van der Waals surface area contributed by atoms with E-state index < -0.39 is 32.4 Å². The van der Waals surface area contributed by atoms with Crippen LogP contribution in [0.1, 0.15) is 5.56 Å². The summed E-state index contributed by atoms with van der Waals surface area (Å²) in [5.41, 5.74) is 0.342. The van der Waals surface area contributed by atoms with Crippen molar-refractivity contribution in [3.63, 3.8) is 0 Å². The van der Waals surface area contributed by atoms with Crippen LogP contribution >= 0.6 is 0 Å². The number of rotatable bonds is 5. The molecule has 1 rings (SSSR count). The van der Waals surface area contributed by atoms with Crippen LogP contribution in [0, 0.1) is 6.92 Å². The molecule has 1 N–H and O–H groups in total. The SMILES string of the molecule is Cc1ccc(S(C)(=O)=O)cc1S(=O)(=O)N(C)CC(=O)O. The first kappa shape index (κ1) is 16.6. The van der Waals surface area contributed by atoms with Gasteiger partial charge in [0.15, 0.2) is 9.84 Å². The summed E-state index contributed by atoms with van der Waals surface area (Å²) in [6.07, 6.45) is 0.967. The van der Waals surface area contributed by atoms with E-state index in [0.29, 0.717) is 9.87 Å². The fraction of sp³-hybridized carbons (Fsp3) is 0.364. The predicted octanol–water partition coefficient (Wildman–Crippen LogP) is 0.104. The number of aliphatic carboxylic acids is 1. The smallest absolute Gasteiger partial charge is 0.318 e. The van der Waals surface area contributed by atoms with Crippen molar-refractivity contribution in [2.45, 2.75) is 16.7 Å². The number of carbonyl (C=O) groups is 1. The molecule has 0 spiro atoms. The van der Waals surface area contributed by atoms with E-state index in [9.17, 15) is 21.6 Å². The summed E-state index contributed by atoms with van der Waals surface area (Å²) in [7, 11) is -6.49. The van der Waals surface area contributed by atoms with Gasteiger partial charge in [0.25, 0.3) is 0 Å². The molecule has 7 nitrogen and oxygen atoms in total. The van der Waals surface area contributed by atoms with E-state index in [0.717, 1.165) is 19.4 Å². The van der Waals surface area contributed by atoms with Crippen LogP contribution in [-0.2, 0) is 24.7 Å². The molecule has 0 bridgehead atoms. The normalized spacial score (nSPS) is 12.6. The molecule has 20 heavy (non-hydrogen) atoms. The molecule has 0 unspecified atom stereocenters. The second-order valence-electron chi connectivity index (χ2n) is 4.35. The van der Waals surface area contributed by atoms with Crippen LogP contribution in [-0.4, -0.2) is 52.1 Å². The van der Waals surface area contributed by atoms with Gasteiger partial charge in [-0.3, -0.25) is 4.79 Å². The number of hydrogen-bond donors (Lipinski definition) is 1.